The molecule has 3 rings (SSSR count). The van der Waals surface area contributed by atoms with Crippen LogP contribution in [0.2, 0.25) is 0 Å². The smallest absolute Gasteiger partial charge is 0.0726 e. The van der Waals surface area contributed by atoms with Crippen LogP contribution in [-0.2, 0) is 12.8 Å². The molecule has 0 aliphatic heterocycles. The number of nitrogens with one attached hydrogen (secondary N) is 1. The van der Waals surface area contributed by atoms with Crippen molar-refractivity contribution in [3.8, 4) is 0 Å². The van der Waals surface area contributed by atoms with Gasteiger partial charge in [0.2, 0.25) is 0 Å². The van der Waals surface area contributed by atoms with E-state index in [1.165, 1.54) is 35.2 Å². The molecule has 0 unspecified atom stereocenters. The Kier molecular flexibility index (Phi) is 1.88. The van der Waals surface area contributed by atoms with Crippen LogP contribution in [0.4, 0.5) is 5.69 Å². The molecular weight excluding hydrogens is 184 g/mol. The molecular formula is C13H14N2. The van der Waals surface area contributed by atoms with Gasteiger partial charge in [0.15, 0.2) is 0 Å². The topological polar surface area (TPSA) is 24.9 Å². The van der Waals surface area contributed by atoms with Crippen molar-refractivity contribution >= 4 is 16.6 Å². The normalized spacial score (nSPS) is 14.2. The Hall–Kier alpha value is -1.57. The first-order valence-electron chi connectivity index (χ1n) is 5.48. The largest absolute Gasteiger partial charge is 0.387 e. The molecule has 0 atom stereocenters. The summed E-state index contributed by atoms with van der Waals surface area (Å²) in [5.41, 5.74) is 5.12. The molecule has 1 aromatic carbocycles. The zero-order chi connectivity index (χ0) is 10.3. The first-order chi connectivity index (χ1) is 7.40. The minimum atomic E-state index is 1.11. The summed E-state index contributed by atoms with van der Waals surface area (Å²) in [6.07, 6.45) is 3.55. The highest BCUT2D eigenvalue weighted by atomic mass is 14.9. The van der Waals surface area contributed by atoms with Crippen molar-refractivity contribution in [1.29, 1.82) is 0 Å². The van der Waals surface area contributed by atoms with Crippen LogP contribution in [0.25, 0.3) is 10.9 Å². The molecule has 1 N–H and O–H groups in total. The molecule has 15 heavy (non-hydrogen) atoms. The van der Waals surface area contributed by atoms with Crippen LogP contribution in [0.15, 0.2) is 24.3 Å². The molecule has 2 heteroatoms. The SMILES string of the molecule is CNc1c2c(nc3ccccc13)CCC2. The maximum Gasteiger partial charge on any atom is 0.0726 e. The van der Waals surface area contributed by atoms with Crippen LogP contribution in [0, 0.1) is 0 Å². The number of nitrogens with zero attached hydrogens (tertiary/aromatic N) is 1. The molecule has 2 nitrogen and oxygen atoms in total. The molecule has 1 aliphatic carbocycles. The molecule has 76 valence electrons. The van der Waals surface area contributed by atoms with E-state index in [-0.39, 0.29) is 0 Å². The summed E-state index contributed by atoms with van der Waals surface area (Å²) in [4.78, 5) is 4.72. The van der Waals surface area contributed by atoms with Gasteiger partial charge >= 0.3 is 0 Å². The third-order valence-electron chi connectivity index (χ3n) is 3.17. The molecule has 0 bridgehead atoms. The average Bonchev–Trinajstić information content (AvgIpc) is 2.73. The van der Waals surface area contributed by atoms with Crippen molar-refractivity contribution in [2.24, 2.45) is 0 Å². The number of hydrogen-bond acceptors (Lipinski definition) is 2. The lowest BCUT2D eigenvalue weighted by atomic mass is 10.1. The predicted octanol–water partition coefficient (Wildman–Crippen LogP) is 2.77. The minimum absolute atomic E-state index is 1.11. The third-order valence-corrected chi connectivity index (χ3v) is 3.17. The van der Waals surface area contributed by atoms with Crippen LogP contribution in [0.1, 0.15) is 17.7 Å². The number of para-hydroxylation sites is 1. The Bertz CT molecular complexity index is 517. The second-order valence-corrected chi connectivity index (χ2v) is 4.03. The maximum atomic E-state index is 4.72. The zero-order valence-electron chi connectivity index (χ0n) is 8.88. The number of aryl methyl sites for hydroxylation is 1. The fraction of sp³-hybridized carbons (Fsp3) is 0.308. The highest BCUT2D eigenvalue weighted by molar-refractivity contribution is 5.93. The summed E-state index contributed by atoms with van der Waals surface area (Å²) >= 11 is 0. The number of hydrogen-bond donors (Lipinski definition) is 1. The lowest BCUT2D eigenvalue weighted by molar-refractivity contribution is 0.901. The number of benzene rings is 1. The van der Waals surface area contributed by atoms with Gasteiger partial charge in [-0.15, -0.1) is 0 Å². The summed E-state index contributed by atoms with van der Waals surface area (Å²) < 4.78 is 0. The fourth-order valence-corrected chi connectivity index (χ4v) is 2.50. The van der Waals surface area contributed by atoms with Crippen molar-refractivity contribution in [3.05, 3.63) is 35.5 Å². The molecule has 0 spiro atoms. The quantitative estimate of drug-likeness (QED) is 0.762. The van der Waals surface area contributed by atoms with E-state index in [4.69, 9.17) is 4.98 Å². The van der Waals surface area contributed by atoms with E-state index in [2.05, 4.69) is 29.6 Å². The highest BCUT2D eigenvalue weighted by Gasteiger charge is 2.18. The van der Waals surface area contributed by atoms with Crippen molar-refractivity contribution in [3.63, 3.8) is 0 Å². The van der Waals surface area contributed by atoms with Crippen molar-refractivity contribution in [1.82, 2.24) is 4.98 Å². The average molecular weight is 198 g/mol. The molecule has 0 radical (unpaired) electrons. The van der Waals surface area contributed by atoms with Gasteiger partial charge in [0.25, 0.3) is 0 Å². The molecule has 0 saturated heterocycles. The number of pyridine rings is 1. The molecule has 2 aromatic rings. The van der Waals surface area contributed by atoms with E-state index in [1.54, 1.807) is 0 Å². The lowest BCUT2D eigenvalue weighted by Gasteiger charge is -2.11. The highest BCUT2D eigenvalue weighted by Crippen LogP contribution is 2.33. The molecule has 1 aromatic heterocycles. The Labute approximate surface area is 89.3 Å². The van der Waals surface area contributed by atoms with Gasteiger partial charge in [0.1, 0.15) is 0 Å². The van der Waals surface area contributed by atoms with E-state index >= 15 is 0 Å². The van der Waals surface area contributed by atoms with Crippen molar-refractivity contribution in [2.45, 2.75) is 19.3 Å². The van der Waals surface area contributed by atoms with Gasteiger partial charge in [-0.25, -0.2) is 0 Å². The minimum Gasteiger partial charge on any atom is -0.387 e. The number of anilines is 1. The zero-order valence-corrected chi connectivity index (χ0v) is 8.88. The lowest BCUT2D eigenvalue weighted by Crippen LogP contribution is -1.98. The maximum absolute atomic E-state index is 4.72. The van der Waals surface area contributed by atoms with Crippen LogP contribution in [-0.4, -0.2) is 12.0 Å². The molecule has 0 saturated carbocycles. The van der Waals surface area contributed by atoms with Crippen LogP contribution >= 0.6 is 0 Å². The van der Waals surface area contributed by atoms with Gasteiger partial charge in [-0.2, -0.15) is 0 Å². The van der Waals surface area contributed by atoms with Crippen molar-refractivity contribution in [2.75, 3.05) is 12.4 Å². The van der Waals surface area contributed by atoms with Gasteiger partial charge in [-0.05, 0) is 30.9 Å². The first kappa shape index (κ1) is 8.72. The van der Waals surface area contributed by atoms with Crippen LogP contribution < -0.4 is 5.32 Å². The number of rotatable bonds is 1. The van der Waals surface area contributed by atoms with Gasteiger partial charge in [0.05, 0.1) is 5.52 Å². The number of fused-ring (bicyclic) bond motifs is 2. The molecule has 1 aliphatic rings. The second-order valence-electron chi connectivity index (χ2n) is 4.03. The first-order valence-corrected chi connectivity index (χ1v) is 5.48. The Morgan fingerprint density at radius 3 is 2.93 bits per heavy atom. The predicted molar refractivity (Wildman–Crippen MR) is 63.3 cm³/mol. The second kappa shape index (κ2) is 3.23. The van der Waals surface area contributed by atoms with Gasteiger partial charge in [-0.3, -0.25) is 4.98 Å². The number of aromatic nitrogens is 1. The van der Waals surface area contributed by atoms with Crippen molar-refractivity contribution < 1.29 is 0 Å². The third kappa shape index (κ3) is 1.21. The fourth-order valence-electron chi connectivity index (χ4n) is 2.50. The van der Waals surface area contributed by atoms with Crippen LogP contribution in [0.3, 0.4) is 0 Å². The molecule has 0 amide bonds. The van der Waals surface area contributed by atoms with Crippen LogP contribution in [0.5, 0.6) is 0 Å². The van der Waals surface area contributed by atoms with E-state index in [1.807, 2.05) is 7.05 Å². The van der Waals surface area contributed by atoms with E-state index in [0.717, 1.165) is 11.9 Å². The molecule has 0 fully saturated rings. The van der Waals surface area contributed by atoms with E-state index < -0.39 is 0 Å². The monoisotopic (exact) mass is 198 g/mol. The summed E-state index contributed by atoms with van der Waals surface area (Å²) in [5, 5.41) is 4.58. The van der Waals surface area contributed by atoms with E-state index in [0.29, 0.717) is 0 Å². The molecule has 1 heterocycles. The Morgan fingerprint density at radius 1 is 1.20 bits per heavy atom. The Morgan fingerprint density at radius 2 is 2.07 bits per heavy atom. The standard InChI is InChI=1S/C13H14N2/c1-14-13-9-5-2-3-7-11(9)15-12-8-4-6-10(12)13/h2-3,5,7H,4,6,8H2,1H3,(H,14,15). The Balaban J connectivity index is 2.41. The van der Waals surface area contributed by atoms with Gasteiger partial charge < -0.3 is 5.32 Å². The van der Waals surface area contributed by atoms with E-state index in [9.17, 15) is 0 Å². The van der Waals surface area contributed by atoms with Gasteiger partial charge in [-0.1, -0.05) is 18.2 Å². The summed E-state index contributed by atoms with van der Waals surface area (Å²) in [5.74, 6) is 0. The van der Waals surface area contributed by atoms with Gasteiger partial charge in [0, 0.05) is 23.8 Å². The summed E-state index contributed by atoms with van der Waals surface area (Å²) in [7, 11) is 2.00. The summed E-state index contributed by atoms with van der Waals surface area (Å²) in [6.45, 7) is 0. The summed E-state index contributed by atoms with van der Waals surface area (Å²) in [6, 6.07) is 8.36.